The minimum absolute atomic E-state index is 0.711. The lowest BCUT2D eigenvalue weighted by atomic mass is 9.81. The Morgan fingerprint density at radius 2 is 2.06 bits per heavy atom. The Labute approximate surface area is 105 Å². The van der Waals surface area contributed by atoms with Crippen molar-refractivity contribution in [2.24, 2.45) is 5.92 Å². The van der Waals surface area contributed by atoms with Crippen LogP contribution in [0.1, 0.15) is 24.8 Å². The molecule has 1 heterocycles. The first-order valence-corrected chi connectivity index (χ1v) is 6.44. The maximum Gasteiger partial charge on any atom is 0.0661 e. The molecule has 84 valence electrons. The maximum absolute atomic E-state index is 6.14. The molecule has 1 N–H and O–H groups in total. The number of hydrogen-bond donors (Lipinski definition) is 1. The highest BCUT2D eigenvalue weighted by Gasteiger charge is 2.19. The first-order valence-electron chi connectivity index (χ1n) is 5.69. The molecule has 0 saturated heterocycles. The first kappa shape index (κ1) is 10.5. The second-order valence-electron chi connectivity index (χ2n) is 4.63. The third-order valence-corrected chi connectivity index (χ3v) is 4.04. The summed E-state index contributed by atoms with van der Waals surface area (Å²) in [5.74, 6) is 0.858. The number of halogens is 2. The van der Waals surface area contributed by atoms with Gasteiger partial charge in [0.25, 0.3) is 0 Å². The summed E-state index contributed by atoms with van der Waals surface area (Å²) < 4.78 is 0. The van der Waals surface area contributed by atoms with Gasteiger partial charge in [-0.2, -0.15) is 0 Å². The van der Waals surface area contributed by atoms with Crippen LogP contribution in [0, 0.1) is 5.92 Å². The fourth-order valence-corrected chi connectivity index (χ4v) is 2.94. The average molecular weight is 254 g/mol. The van der Waals surface area contributed by atoms with E-state index in [0.717, 1.165) is 17.9 Å². The summed E-state index contributed by atoms with van der Waals surface area (Å²) >= 11 is 12.2. The molecule has 0 aliphatic heterocycles. The Morgan fingerprint density at radius 3 is 2.75 bits per heavy atom. The molecular formula is C13H13Cl2N. The van der Waals surface area contributed by atoms with E-state index in [0.29, 0.717) is 10.0 Å². The van der Waals surface area contributed by atoms with E-state index in [4.69, 9.17) is 23.2 Å². The van der Waals surface area contributed by atoms with Crippen LogP contribution in [0.2, 0.25) is 10.0 Å². The zero-order valence-electron chi connectivity index (χ0n) is 8.89. The van der Waals surface area contributed by atoms with Crippen molar-refractivity contribution in [3.63, 3.8) is 0 Å². The lowest BCUT2D eigenvalue weighted by Crippen LogP contribution is -2.13. The van der Waals surface area contributed by atoms with Gasteiger partial charge in [0.1, 0.15) is 0 Å². The summed E-state index contributed by atoms with van der Waals surface area (Å²) in [5, 5.41) is 2.61. The zero-order valence-corrected chi connectivity index (χ0v) is 10.4. The van der Waals surface area contributed by atoms with E-state index in [9.17, 15) is 0 Å². The minimum Gasteiger partial charge on any atom is -0.360 e. The summed E-state index contributed by atoms with van der Waals surface area (Å²) in [7, 11) is 0. The molecule has 2 aromatic rings. The number of hydrogen-bond acceptors (Lipinski definition) is 0. The van der Waals surface area contributed by atoms with E-state index in [1.54, 1.807) is 6.07 Å². The average Bonchev–Trinajstić information content (AvgIpc) is 2.55. The standard InChI is InChI=1S/C13H13Cl2N/c14-10-5-11-9(4-8-2-1-3-8)7-16-13(11)12(15)6-10/h5-8,16H,1-4H2. The molecule has 3 heteroatoms. The fraction of sp³-hybridized carbons (Fsp3) is 0.385. The Kier molecular flexibility index (Phi) is 2.61. The van der Waals surface area contributed by atoms with E-state index >= 15 is 0 Å². The molecule has 1 aromatic heterocycles. The number of benzene rings is 1. The van der Waals surface area contributed by atoms with Gasteiger partial charge in [-0.3, -0.25) is 0 Å². The van der Waals surface area contributed by atoms with Crippen molar-refractivity contribution < 1.29 is 0 Å². The molecule has 1 aliphatic rings. The predicted molar refractivity (Wildman–Crippen MR) is 69.4 cm³/mol. The van der Waals surface area contributed by atoms with Gasteiger partial charge < -0.3 is 4.98 Å². The van der Waals surface area contributed by atoms with Crippen LogP contribution < -0.4 is 0 Å². The number of fused-ring (bicyclic) bond motifs is 1. The van der Waals surface area contributed by atoms with Crippen LogP contribution in [0.5, 0.6) is 0 Å². The van der Waals surface area contributed by atoms with Gasteiger partial charge in [0.2, 0.25) is 0 Å². The van der Waals surface area contributed by atoms with E-state index in [1.807, 2.05) is 6.07 Å². The maximum atomic E-state index is 6.14. The minimum atomic E-state index is 0.711. The van der Waals surface area contributed by atoms with Crippen LogP contribution >= 0.6 is 23.2 Å². The molecular weight excluding hydrogens is 241 g/mol. The quantitative estimate of drug-likeness (QED) is 0.790. The van der Waals surface area contributed by atoms with Crippen molar-refractivity contribution in [3.05, 3.63) is 33.9 Å². The van der Waals surface area contributed by atoms with Crippen molar-refractivity contribution in [3.8, 4) is 0 Å². The van der Waals surface area contributed by atoms with Crippen molar-refractivity contribution >= 4 is 34.1 Å². The third-order valence-electron chi connectivity index (χ3n) is 3.53. The molecule has 3 rings (SSSR count). The molecule has 0 bridgehead atoms. The Bertz CT molecular complexity index is 526. The van der Waals surface area contributed by atoms with Crippen molar-refractivity contribution in [1.29, 1.82) is 0 Å². The van der Waals surface area contributed by atoms with Gasteiger partial charge in [-0.15, -0.1) is 0 Å². The second-order valence-corrected chi connectivity index (χ2v) is 5.47. The van der Waals surface area contributed by atoms with Crippen LogP contribution in [0.3, 0.4) is 0 Å². The number of nitrogens with one attached hydrogen (secondary N) is 1. The Hall–Kier alpha value is -0.660. The van der Waals surface area contributed by atoms with E-state index in [1.165, 1.54) is 30.2 Å². The molecule has 1 fully saturated rings. The predicted octanol–water partition coefficient (Wildman–Crippen LogP) is 4.82. The molecule has 1 aromatic carbocycles. The van der Waals surface area contributed by atoms with Gasteiger partial charge >= 0.3 is 0 Å². The number of H-pyrrole nitrogens is 1. The molecule has 0 spiro atoms. The van der Waals surface area contributed by atoms with Crippen molar-refractivity contribution in [1.82, 2.24) is 4.98 Å². The van der Waals surface area contributed by atoms with E-state index in [-0.39, 0.29) is 0 Å². The lowest BCUT2D eigenvalue weighted by Gasteiger charge is -2.24. The number of rotatable bonds is 2. The van der Waals surface area contributed by atoms with Crippen molar-refractivity contribution in [2.45, 2.75) is 25.7 Å². The molecule has 1 aliphatic carbocycles. The third kappa shape index (κ3) is 1.72. The lowest BCUT2D eigenvalue weighted by molar-refractivity contribution is 0.315. The van der Waals surface area contributed by atoms with Crippen LogP contribution in [-0.2, 0) is 6.42 Å². The largest absolute Gasteiger partial charge is 0.360 e. The van der Waals surface area contributed by atoms with Crippen LogP contribution in [0.4, 0.5) is 0 Å². The zero-order chi connectivity index (χ0) is 11.1. The van der Waals surface area contributed by atoms with Gasteiger partial charge in [0, 0.05) is 16.6 Å². The Balaban J connectivity index is 2.04. The topological polar surface area (TPSA) is 15.8 Å². The van der Waals surface area contributed by atoms with E-state index < -0.39 is 0 Å². The number of aromatic nitrogens is 1. The van der Waals surface area contributed by atoms with Gasteiger partial charge in [-0.05, 0) is 30.0 Å². The van der Waals surface area contributed by atoms with Crippen LogP contribution in [0.25, 0.3) is 10.9 Å². The fourth-order valence-electron chi connectivity index (χ4n) is 2.39. The molecule has 0 atom stereocenters. The molecule has 0 radical (unpaired) electrons. The highest BCUT2D eigenvalue weighted by Crippen LogP contribution is 2.34. The molecule has 0 unspecified atom stereocenters. The SMILES string of the molecule is Clc1cc(Cl)c2[nH]cc(CC3CCC3)c2c1. The molecule has 16 heavy (non-hydrogen) atoms. The normalized spacial score (nSPS) is 16.6. The smallest absolute Gasteiger partial charge is 0.0661 e. The monoisotopic (exact) mass is 253 g/mol. The summed E-state index contributed by atoms with van der Waals surface area (Å²) in [4.78, 5) is 3.25. The van der Waals surface area contributed by atoms with Gasteiger partial charge in [0.15, 0.2) is 0 Å². The highest BCUT2D eigenvalue weighted by atomic mass is 35.5. The molecule has 0 amide bonds. The Morgan fingerprint density at radius 1 is 1.25 bits per heavy atom. The van der Waals surface area contributed by atoms with E-state index in [2.05, 4.69) is 11.2 Å². The van der Waals surface area contributed by atoms with Crippen LogP contribution in [0.15, 0.2) is 18.3 Å². The summed E-state index contributed by atoms with van der Waals surface area (Å²) in [6, 6.07) is 3.79. The molecule has 1 saturated carbocycles. The first-order chi connectivity index (χ1) is 7.74. The summed E-state index contributed by atoms with van der Waals surface area (Å²) in [5.41, 5.74) is 2.37. The van der Waals surface area contributed by atoms with Gasteiger partial charge in [-0.1, -0.05) is 42.5 Å². The van der Waals surface area contributed by atoms with Crippen molar-refractivity contribution in [2.75, 3.05) is 0 Å². The van der Waals surface area contributed by atoms with Gasteiger partial charge in [-0.25, -0.2) is 0 Å². The van der Waals surface area contributed by atoms with Gasteiger partial charge in [0.05, 0.1) is 10.5 Å². The summed E-state index contributed by atoms with van der Waals surface area (Å²) in [6.45, 7) is 0. The van der Waals surface area contributed by atoms with Crippen LogP contribution in [-0.4, -0.2) is 4.98 Å². The second kappa shape index (κ2) is 3.97. The summed E-state index contributed by atoms with van der Waals surface area (Å²) in [6.07, 6.45) is 7.33. The number of aromatic amines is 1. The molecule has 1 nitrogen and oxygen atoms in total. The highest BCUT2D eigenvalue weighted by molar-refractivity contribution is 6.38.